The Morgan fingerprint density at radius 1 is 1.21 bits per heavy atom. The molecule has 0 aliphatic carbocycles. The molecule has 1 heterocycles. The minimum Gasteiger partial charge on any atom is -0.205 e. The third kappa shape index (κ3) is 1.42. The van der Waals surface area contributed by atoms with E-state index in [1.807, 2.05) is 19.1 Å². The van der Waals surface area contributed by atoms with E-state index in [9.17, 15) is 8.78 Å². The SMILES string of the molecule is Cc1ccc2c(C(F)F)c(C)sc2c1. The molecule has 3 heteroatoms. The summed E-state index contributed by atoms with van der Waals surface area (Å²) in [6.07, 6.45) is -2.37. The third-order valence-corrected chi connectivity index (χ3v) is 3.37. The minimum atomic E-state index is -2.37. The van der Waals surface area contributed by atoms with Gasteiger partial charge in [-0.15, -0.1) is 11.3 Å². The van der Waals surface area contributed by atoms with Gasteiger partial charge in [0, 0.05) is 20.5 Å². The zero-order valence-corrected chi connectivity index (χ0v) is 8.79. The Hall–Kier alpha value is -0.960. The van der Waals surface area contributed by atoms with Crippen molar-refractivity contribution < 1.29 is 8.78 Å². The maximum atomic E-state index is 12.7. The first-order chi connectivity index (χ1) is 6.59. The van der Waals surface area contributed by atoms with Crippen molar-refractivity contribution in [2.75, 3.05) is 0 Å². The van der Waals surface area contributed by atoms with Gasteiger partial charge in [0.1, 0.15) is 0 Å². The fourth-order valence-corrected chi connectivity index (χ4v) is 2.79. The summed E-state index contributed by atoms with van der Waals surface area (Å²) in [7, 11) is 0. The quantitative estimate of drug-likeness (QED) is 0.654. The van der Waals surface area contributed by atoms with Crippen molar-refractivity contribution in [3.05, 3.63) is 34.2 Å². The van der Waals surface area contributed by atoms with Gasteiger partial charge in [0.15, 0.2) is 0 Å². The molecule has 1 aromatic carbocycles. The maximum Gasteiger partial charge on any atom is 0.265 e. The monoisotopic (exact) mass is 212 g/mol. The number of aryl methyl sites for hydroxylation is 2. The van der Waals surface area contributed by atoms with E-state index in [0.29, 0.717) is 5.39 Å². The van der Waals surface area contributed by atoms with Crippen LogP contribution in [0.4, 0.5) is 8.78 Å². The minimum absolute atomic E-state index is 0.199. The summed E-state index contributed by atoms with van der Waals surface area (Å²) in [5, 5.41) is 0.702. The van der Waals surface area contributed by atoms with Crippen molar-refractivity contribution in [3.63, 3.8) is 0 Å². The zero-order chi connectivity index (χ0) is 10.3. The molecule has 0 saturated heterocycles. The summed E-state index contributed by atoms with van der Waals surface area (Å²) in [4.78, 5) is 0.723. The van der Waals surface area contributed by atoms with Crippen molar-refractivity contribution >= 4 is 21.4 Å². The average molecular weight is 212 g/mol. The molecule has 2 rings (SSSR count). The molecule has 0 saturated carbocycles. The third-order valence-electron chi connectivity index (χ3n) is 2.29. The van der Waals surface area contributed by atoms with Crippen LogP contribution in [0.25, 0.3) is 10.1 Å². The number of benzene rings is 1. The highest BCUT2D eigenvalue weighted by Crippen LogP contribution is 2.37. The van der Waals surface area contributed by atoms with Crippen molar-refractivity contribution in [2.45, 2.75) is 20.3 Å². The number of halogens is 2. The van der Waals surface area contributed by atoms with Crippen LogP contribution in [0.5, 0.6) is 0 Å². The fourth-order valence-electron chi connectivity index (χ4n) is 1.62. The first kappa shape index (κ1) is 9.59. The summed E-state index contributed by atoms with van der Waals surface area (Å²) in [6, 6.07) is 5.62. The first-order valence-corrected chi connectivity index (χ1v) is 5.19. The van der Waals surface area contributed by atoms with E-state index in [2.05, 4.69) is 0 Å². The van der Waals surface area contributed by atoms with Crippen LogP contribution in [0.1, 0.15) is 22.4 Å². The second-order valence-corrected chi connectivity index (χ2v) is 4.63. The smallest absolute Gasteiger partial charge is 0.205 e. The lowest BCUT2D eigenvalue weighted by atomic mass is 10.1. The van der Waals surface area contributed by atoms with Gasteiger partial charge in [-0.2, -0.15) is 0 Å². The molecule has 0 nitrogen and oxygen atoms in total. The molecule has 2 aromatic rings. The highest BCUT2D eigenvalue weighted by Gasteiger charge is 2.17. The van der Waals surface area contributed by atoms with Crippen LogP contribution < -0.4 is 0 Å². The molecule has 0 amide bonds. The summed E-state index contributed by atoms with van der Waals surface area (Å²) < 4.78 is 26.4. The van der Waals surface area contributed by atoms with Crippen LogP contribution in [0.15, 0.2) is 18.2 Å². The Bertz CT molecular complexity index is 471. The van der Waals surface area contributed by atoms with E-state index in [-0.39, 0.29) is 5.56 Å². The molecule has 0 spiro atoms. The normalized spacial score (nSPS) is 11.5. The number of hydrogen-bond donors (Lipinski definition) is 0. The van der Waals surface area contributed by atoms with E-state index in [0.717, 1.165) is 15.1 Å². The number of rotatable bonds is 1. The summed E-state index contributed by atoms with van der Waals surface area (Å²) >= 11 is 1.44. The Morgan fingerprint density at radius 3 is 2.57 bits per heavy atom. The Labute approximate surface area is 85.2 Å². The molecule has 0 bridgehead atoms. The van der Waals surface area contributed by atoms with Crippen molar-refractivity contribution in [3.8, 4) is 0 Å². The lowest BCUT2D eigenvalue weighted by molar-refractivity contribution is 0.153. The van der Waals surface area contributed by atoms with Crippen LogP contribution >= 0.6 is 11.3 Å². The van der Waals surface area contributed by atoms with E-state index in [4.69, 9.17) is 0 Å². The first-order valence-electron chi connectivity index (χ1n) is 4.37. The molecule has 14 heavy (non-hydrogen) atoms. The van der Waals surface area contributed by atoms with Gasteiger partial charge < -0.3 is 0 Å². The van der Waals surface area contributed by atoms with Crippen molar-refractivity contribution in [2.24, 2.45) is 0 Å². The molecule has 0 atom stereocenters. The summed E-state index contributed by atoms with van der Waals surface area (Å²) in [5.41, 5.74) is 1.31. The lowest BCUT2D eigenvalue weighted by Gasteiger charge is -1.98. The fraction of sp³-hybridized carbons (Fsp3) is 0.273. The van der Waals surface area contributed by atoms with E-state index < -0.39 is 6.43 Å². The van der Waals surface area contributed by atoms with Gasteiger partial charge in [0.05, 0.1) is 0 Å². The predicted molar refractivity (Wildman–Crippen MR) is 56.3 cm³/mol. The molecule has 0 N–H and O–H groups in total. The number of thiophene rings is 1. The van der Waals surface area contributed by atoms with Crippen LogP contribution in [0.2, 0.25) is 0 Å². The Balaban J connectivity index is 2.77. The number of hydrogen-bond acceptors (Lipinski definition) is 1. The molecule has 0 radical (unpaired) electrons. The number of alkyl halides is 2. The van der Waals surface area contributed by atoms with Crippen LogP contribution in [-0.2, 0) is 0 Å². The van der Waals surface area contributed by atoms with Gasteiger partial charge in [-0.1, -0.05) is 12.1 Å². The second kappa shape index (κ2) is 3.31. The predicted octanol–water partition coefficient (Wildman–Crippen LogP) is 4.46. The van der Waals surface area contributed by atoms with E-state index >= 15 is 0 Å². The van der Waals surface area contributed by atoms with E-state index in [1.54, 1.807) is 13.0 Å². The topological polar surface area (TPSA) is 0 Å². The molecular formula is C11H10F2S. The number of fused-ring (bicyclic) bond motifs is 1. The van der Waals surface area contributed by atoms with Crippen LogP contribution in [-0.4, -0.2) is 0 Å². The largest absolute Gasteiger partial charge is 0.265 e. The van der Waals surface area contributed by atoms with Gasteiger partial charge in [-0.25, -0.2) is 8.78 Å². The molecule has 0 aliphatic heterocycles. The van der Waals surface area contributed by atoms with Gasteiger partial charge in [-0.05, 0) is 25.5 Å². The van der Waals surface area contributed by atoms with E-state index in [1.165, 1.54) is 11.3 Å². The Kier molecular flexibility index (Phi) is 2.27. The maximum absolute atomic E-state index is 12.7. The molecule has 74 valence electrons. The Morgan fingerprint density at radius 2 is 1.93 bits per heavy atom. The molecular weight excluding hydrogens is 202 g/mol. The van der Waals surface area contributed by atoms with Gasteiger partial charge >= 0.3 is 0 Å². The van der Waals surface area contributed by atoms with Crippen LogP contribution in [0, 0.1) is 13.8 Å². The lowest BCUT2D eigenvalue weighted by Crippen LogP contribution is -1.83. The summed E-state index contributed by atoms with van der Waals surface area (Å²) in [6.45, 7) is 3.72. The standard InChI is InChI=1S/C11H10F2S/c1-6-3-4-8-9(5-6)14-7(2)10(8)11(12)13/h3-5,11H,1-2H3. The van der Waals surface area contributed by atoms with Crippen molar-refractivity contribution in [1.29, 1.82) is 0 Å². The zero-order valence-electron chi connectivity index (χ0n) is 7.97. The molecule has 0 unspecified atom stereocenters. The van der Waals surface area contributed by atoms with Gasteiger partial charge in [0.2, 0.25) is 0 Å². The second-order valence-electron chi connectivity index (χ2n) is 3.37. The highest BCUT2D eigenvalue weighted by molar-refractivity contribution is 7.19. The van der Waals surface area contributed by atoms with Crippen molar-refractivity contribution in [1.82, 2.24) is 0 Å². The molecule has 0 aliphatic rings. The van der Waals surface area contributed by atoms with Gasteiger partial charge in [0.25, 0.3) is 6.43 Å². The highest BCUT2D eigenvalue weighted by atomic mass is 32.1. The summed E-state index contributed by atoms with van der Waals surface area (Å²) in [5.74, 6) is 0. The van der Waals surface area contributed by atoms with Crippen LogP contribution in [0.3, 0.4) is 0 Å². The average Bonchev–Trinajstić information content (AvgIpc) is 2.39. The van der Waals surface area contributed by atoms with Gasteiger partial charge in [-0.3, -0.25) is 0 Å². The molecule has 0 fully saturated rings. The molecule has 1 aromatic heterocycles.